The highest BCUT2D eigenvalue weighted by molar-refractivity contribution is 5.97. The Morgan fingerprint density at radius 3 is 2.70 bits per heavy atom. The highest BCUT2D eigenvalue weighted by Crippen LogP contribution is 2.29. The van der Waals surface area contributed by atoms with Crippen molar-refractivity contribution in [2.45, 2.75) is 6.92 Å². The first-order chi connectivity index (χ1) is 11.2. The Labute approximate surface area is 132 Å². The zero-order valence-electron chi connectivity index (χ0n) is 12.4. The number of ether oxygens (including phenoxy) is 2. The summed E-state index contributed by atoms with van der Waals surface area (Å²) in [6.45, 7) is 1.89. The van der Waals surface area contributed by atoms with Gasteiger partial charge in [-0.1, -0.05) is 18.2 Å². The van der Waals surface area contributed by atoms with Crippen LogP contribution in [0.2, 0.25) is 0 Å². The van der Waals surface area contributed by atoms with Crippen LogP contribution in [-0.4, -0.2) is 27.7 Å². The van der Waals surface area contributed by atoms with Gasteiger partial charge in [0.15, 0.2) is 11.4 Å². The van der Waals surface area contributed by atoms with Gasteiger partial charge in [-0.25, -0.2) is 14.8 Å². The predicted octanol–water partition coefficient (Wildman–Crippen LogP) is 3.30. The van der Waals surface area contributed by atoms with E-state index in [1.54, 1.807) is 19.1 Å². The molecule has 0 bridgehead atoms. The van der Waals surface area contributed by atoms with Crippen LogP contribution in [-0.2, 0) is 4.74 Å². The lowest BCUT2D eigenvalue weighted by atomic mass is 10.2. The van der Waals surface area contributed by atoms with Crippen LogP contribution in [0.25, 0.3) is 10.9 Å². The molecule has 1 aromatic carbocycles. The van der Waals surface area contributed by atoms with E-state index in [1.165, 1.54) is 6.20 Å². The molecule has 116 valence electrons. The fourth-order valence-electron chi connectivity index (χ4n) is 2.08. The lowest BCUT2D eigenvalue weighted by Gasteiger charge is -2.08. The van der Waals surface area contributed by atoms with Crippen LogP contribution in [0.4, 0.5) is 0 Å². The number of carbonyl (C=O) groups is 1. The number of hydrogen-bond acceptors (Lipinski definition) is 6. The molecule has 3 aromatic rings. The summed E-state index contributed by atoms with van der Waals surface area (Å²) in [7, 11) is 0. The Morgan fingerprint density at radius 2 is 1.96 bits per heavy atom. The van der Waals surface area contributed by atoms with Gasteiger partial charge in [-0.05, 0) is 25.1 Å². The highest BCUT2D eigenvalue weighted by atomic mass is 16.5. The smallest absolute Gasteiger partial charge is 0.360 e. The third-order valence-electron chi connectivity index (χ3n) is 3.13. The molecular weight excluding hydrogens is 296 g/mol. The molecule has 6 nitrogen and oxygen atoms in total. The maximum absolute atomic E-state index is 11.7. The van der Waals surface area contributed by atoms with Crippen molar-refractivity contribution in [2.75, 3.05) is 6.61 Å². The van der Waals surface area contributed by atoms with E-state index in [0.717, 1.165) is 0 Å². The molecular formula is C17H14N2O4. The second-order valence-electron chi connectivity index (χ2n) is 4.67. The molecule has 23 heavy (non-hydrogen) atoms. The number of nitrogens with zero attached hydrogens (tertiary/aromatic N) is 2. The summed E-state index contributed by atoms with van der Waals surface area (Å²) >= 11 is 0. The van der Waals surface area contributed by atoms with Gasteiger partial charge in [0.1, 0.15) is 5.75 Å². The number of rotatable bonds is 4. The van der Waals surface area contributed by atoms with E-state index < -0.39 is 5.97 Å². The normalized spacial score (nSPS) is 10.5. The molecule has 0 amide bonds. The summed E-state index contributed by atoms with van der Waals surface area (Å²) in [5.41, 5.74) is 0.293. The second kappa shape index (κ2) is 6.31. The monoisotopic (exact) mass is 310 g/mol. The van der Waals surface area contributed by atoms with Gasteiger partial charge in [-0.3, -0.25) is 0 Å². The average molecular weight is 310 g/mol. The van der Waals surface area contributed by atoms with Crippen LogP contribution in [0.5, 0.6) is 17.4 Å². The third kappa shape index (κ3) is 3.06. The van der Waals surface area contributed by atoms with Gasteiger partial charge in [0.2, 0.25) is 5.88 Å². The number of carbonyl (C=O) groups excluding carboxylic acids is 1. The van der Waals surface area contributed by atoms with E-state index in [-0.39, 0.29) is 18.1 Å². The van der Waals surface area contributed by atoms with Gasteiger partial charge in [0.25, 0.3) is 0 Å². The van der Waals surface area contributed by atoms with Crippen molar-refractivity contribution in [1.29, 1.82) is 0 Å². The quantitative estimate of drug-likeness (QED) is 0.745. The Balaban J connectivity index is 1.95. The van der Waals surface area contributed by atoms with Crippen LogP contribution >= 0.6 is 0 Å². The Morgan fingerprint density at radius 1 is 1.17 bits per heavy atom. The first kappa shape index (κ1) is 14.8. The van der Waals surface area contributed by atoms with Crippen LogP contribution in [0.3, 0.4) is 0 Å². The number of pyridine rings is 2. The molecule has 0 fully saturated rings. The molecule has 0 aliphatic rings. The van der Waals surface area contributed by atoms with Crippen molar-refractivity contribution < 1.29 is 19.4 Å². The molecule has 3 rings (SSSR count). The zero-order chi connectivity index (χ0) is 16.2. The lowest BCUT2D eigenvalue weighted by Crippen LogP contribution is -2.07. The molecule has 2 heterocycles. The number of aromatic hydroxyl groups is 1. The van der Waals surface area contributed by atoms with E-state index in [9.17, 15) is 9.90 Å². The van der Waals surface area contributed by atoms with Crippen LogP contribution < -0.4 is 4.74 Å². The summed E-state index contributed by atoms with van der Waals surface area (Å²) in [5.74, 6) is 0.102. The Hall–Kier alpha value is -3.15. The van der Waals surface area contributed by atoms with Gasteiger partial charge in [-0.2, -0.15) is 0 Å². The summed E-state index contributed by atoms with van der Waals surface area (Å²) in [4.78, 5) is 19.9. The van der Waals surface area contributed by atoms with Crippen LogP contribution in [0.15, 0.2) is 48.7 Å². The summed E-state index contributed by atoms with van der Waals surface area (Å²) in [6, 6.07) is 12.5. The summed E-state index contributed by atoms with van der Waals surface area (Å²) < 4.78 is 10.5. The number of para-hydroxylation sites is 1. The average Bonchev–Trinajstić information content (AvgIpc) is 2.56. The number of esters is 1. The predicted molar refractivity (Wildman–Crippen MR) is 83.7 cm³/mol. The maximum Gasteiger partial charge on any atom is 0.360 e. The molecule has 0 atom stereocenters. The van der Waals surface area contributed by atoms with E-state index in [1.807, 2.05) is 30.3 Å². The summed E-state index contributed by atoms with van der Waals surface area (Å²) in [5, 5.41) is 10.6. The minimum Gasteiger partial charge on any atom is -0.505 e. The van der Waals surface area contributed by atoms with Gasteiger partial charge in [0, 0.05) is 11.5 Å². The largest absolute Gasteiger partial charge is 0.505 e. The van der Waals surface area contributed by atoms with E-state index in [2.05, 4.69) is 9.97 Å². The molecule has 0 aliphatic heterocycles. The first-order valence-electron chi connectivity index (χ1n) is 7.07. The fraction of sp³-hybridized carbons (Fsp3) is 0.118. The standard InChI is InChI=1S/C17H14N2O4/c1-2-22-17(21)15-16(20)12-8-9-14(19-13(12)10-18-15)23-11-6-4-3-5-7-11/h3-10,20H,2H2,1H3. The van der Waals surface area contributed by atoms with E-state index >= 15 is 0 Å². The molecule has 0 unspecified atom stereocenters. The maximum atomic E-state index is 11.7. The minimum absolute atomic E-state index is 0.127. The number of aromatic nitrogens is 2. The fourth-order valence-corrected chi connectivity index (χ4v) is 2.08. The van der Waals surface area contributed by atoms with Crippen molar-refractivity contribution in [2.24, 2.45) is 0 Å². The van der Waals surface area contributed by atoms with Crippen molar-refractivity contribution in [3.05, 3.63) is 54.4 Å². The first-order valence-corrected chi connectivity index (χ1v) is 7.07. The van der Waals surface area contributed by atoms with Crippen LogP contribution in [0.1, 0.15) is 17.4 Å². The van der Waals surface area contributed by atoms with Crippen molar-refractivity contribution in [1.82, 2.24) is 9.97 Å². The number of hydrogen-bond donors (Lipinski definition) is 1. The van der Waals surface area contributed by atoms with Gasteiger partial charge in [-0.15, -0.1) is 0 Å². The van der Waals surface area contributed by atoms with E-state index in [4.69, 9.17) is 9.47 Å². The minimum atomic E-state index is -0.670. The zero-order valence-corrected chi connectivity index (χ0v) is 12.4. The molecule has 0 spiro atoms. The molecule has 0 saturated heterocycles. The van der Waals surface area contributed by atoms with E-state index in [0.29, 0.717) is 22.5 Å². The molecule has 1 N–H and O–H groups in total. The van der Waals surface area contributed by atoms with Gasteiger partial charge < -0.3 is 14.6 Å². The van der Waals surface area contributed by atoms with Crippen LogP contribution in [0, 0.1) is 0 Å². The van der Waals surface area contributed by atoms with Crippen molar-refractivity contribution >= 4 is 16.9 Å². The highest BCUT2D eigenvalue weighted by Gasteiger charge is 2.17. The SMILES string of the molecule is CCOC(=O)c1ncc2nc(Oc3ccccc3)ccc2c1O. The Bertz CT molecular complexity index is 850. The third-order valence-corrected chi connectivity index (χ3v) is 3.13. The Kier molecular flexibility index (Phi) is 4.05. The molecule has 2 aromatic heterocycles. The van der Waals surface area contributed by atoms with Crippen molar-refractivity contribution in [3.8, 4) is 17.4 Å². The topological polar surface area (TPSA) is 81.5 Å². The lowest BCUT2D eigenvalue weighted by molar-refractivity contribution is 0.0516. The second-order valence-corrected chi connectivity index (χ2v) is 4.67. The van der Waals surface area contributed by atoms with Gasteiger partial charge >= 0.3 is 5.97 Å². The van der Waals surface area contributed by atoms with Gasteiger partial charge in [0.05, 0.1) is 18.3 Å². The molecule has 0 saturated carbocycles. The van der Waals surface area contributed by atoms with Crippen molar-refractivity contribution in [3.63, 3.8) is 0 Å². The molecule has 0 radical (unpaired) electrons. The summed E-state index contributed by atoms with van der Waals surface area (Å²) in [6.07, 6.45) is 1.40. The molecule has 0 aliphatic carbocycles. The number of benzene rings is 1. The molecule has 6 heteroatoms. The number of fused-ring (bicyclic) bond motifs is 1.